The van der Waals surface area contributed by atoms with Crippen LogP contribution in [0.15, 0.2) is 48.9 Å². The number of anilines is 2. The van der Waals surface area contributed by atoms with Crippen LogP contribution in [0.2, 0.25) is 0 Å². The number of imidazole rings is 1. The number of ether oxygens (including phenoxy) is 1. The molecule has 1 atom stereocenters. The molecule has 5 saturated heterocycles. The van der Waals surface area contributed by atoms with Crippen LogP contribution in [0, 0.1) is 11.3 Å². The van der Waals surface area contributed by atoms with Crippen LogP contribution in [0.3, 0.4) is 0 Å². The lowest BCUT2D eigenvalue weighted by atomic mass is 9.72. The van der Waals surface area contributed by atoms with E-state index in [0.717, 1.165) is 96.5 Å². The van der Waals surface area contributed by atoms with E-state index in [-0.39, 0.29) is 59.6 Å². The van der Waals surface area contributed by atoms with Crippen LogP contribution in [0.4, 0.5) is 11.5 Å². The topological polar surface area (TPSA) is 166 Å². The van der Waals surface area contributed by atoms with Gasteiger partial charge in [-0.2, -0.15) is 0 Å². The van der Waals surface area contributed by atoms with Gasteiger partial charge in [0.15, 0.2) is 0 Å². The molecule has 1 unspecified atom stereocenters. The summed E-state index contributed by atoms with van der Waals surface area (Å²) in [6, 6.07) is 13.3. The van der Waals surface area contributed by atoms with Gasteiger partial charge >= 0.3 is 0 Å². The Bertz CT molecular complexity index is 2770. The summed E-state index contributed by atoms with van der Waals surface area (Å²) in [5, 5.41) is 2.43. The number of piperidine rings is 5. The number of rotatable bonds is 10. The minimum Gasteiger partial charge on any atom is -0.473 e. The number of carbonyl (C=O) groups is 5. The molecule has 8 aliphatic rings. The zero-order chi connectivity index (χ0) is 49.5. The maximum atomic E-state index is 15.3. The lowest BCUT2D eigenvalue weighted by molar-refractivity contribution is -0.150. The van der Waals surface area contributed by atoms with Crippen LogP contribution in [0.25, 0.3) is 22.3 Å². The number of carbonyl (C=O) groups excluding carboxylic acids is 5. The van der Waals surface area contributed by atoms with E-state index in [4.69, 9.17) is 14.7 Å². The van der Waals surface area contributed by atoms with Crippen LogP contribution in [0.5, 0.6) is 5.88 Å². The van der Waals surface area contributed by atoms with Crippen molar-refractivity contribution in [2.75, 3.05) is 62.2 Å². The minimum absolute atomic E-state index is 0.0753. The average molecular weight is 979 g/mol. The average Bonchev–Trinajstić information content (AvgIpc) is 4.05. The third-order valence-electron chi connectivity index (χ3n) is 18.1. The second kappa shape index (κ2) is 18.5. The summed E-state index contributed by atoms with van der Waals surface area (Å²) in [5.41, 5.74) is 5.11. The van der Waals surface area contributed by atoms with Crippen molar-refractivity contribution in [1.29, 1.82) is 0 Å². The molecule has 7 fully saturated rings. The first-order valence-electron chi connectivity index (χ1n) is 27.3. The van der Waals surface area contributed by atoms with Gasteiger partial charge in [-0.1, -0.05) is 31.5 Å². The highest BCUT2D eigenvalue weighted by Gasteiger charge is 2.56. The van der Waals surface area contributed by atoms with Crippen LogP contribution in [0.1, 0.15) is 140 Å². The molecule has 4 aromatic rings. The zero-order valence-electron chi connectivity index (χ0n) is 42.3. The highest BCUT2D eigenvalue weighted by atomic mass is 16.5. The first kappa shape index (κ1) is 47.1. The molecule has 9 heterocycles. The molecule has 2 aliphatic carbocycles. The first-order valence-corrected chi connectivity index (χ1v) is 27.3. The fourth-order valence-corrected chi connectivity index (χ4v) is 13.3. The standard InChI is InChI=1S/C56H70N10O6/c1-35(2)65-34-58-45-32-44(59-51(49(45)65)72-41-9-10-41)37-7-12-43-46(29-37)66(40-30-39(31-40)61-21-5-4-6-22-61)54(71)56(43)19-27-64(28-20-56)53(70)55(3)17-25-63(26-18-55)52(69)36-15-23-62(24-16-36)47-13-8-38(33-57-47)42-11-14-48(67)60-50(42)68/h7-8,12-13,29,32-36,39-42H,4-6,9-11,14-28,30-31H2,1-3H3,(H,60,67,68). The molecule has 16 nitrogen and oxygen atoms in total. The molecule has 1 aromatic carbocycles. The normalized spacial score (nSPS) is 25.8. The van der Waals surface area contributed by atoms with E-state index in [0.29, 0.717) is 89.7 Å². The lowest BCUT2D eigenvalue weighted by Gasteiger charge is -2.48. The van der Waals surface area contributed by atoms with Gasteiger partial charge in [0.1, 0.15) is 17.4 Å². The first-order chi connectivity index (χ1) is 34.9. The van der Waals surface area contributed by atoms with E-state index in [1.807, 2.05) is 28.3 Å². The van der Waals surface area contributed by atoms with Crippen molar-refractivity contribution < 1.29 is 28.7 Å². The Morgan fingerprint density at radius 1 is 0.792 bits per heavy atom. The van der Waals surface area contributed by atoms with Crippen molar-refractivity contribution in [2.24, 2.45) is 11.3 Å². The van der Waals surface area contributed by atoms with E-state index in [1.165, 1.54) is 19.3 Å². The van der Waals surface area contributed by atoms with Crippen LogP contribution < -0.4 is 19.9 Å². The van der Waals surface area contributed by atoms with E-state index < -0.39 is 10.8 Å². The van der Waals surface area contributed by atoms with Gasteiger partial charge in [0.25, 0.3) is 0 Å². The molecular formula is C56H70N10O6. The van der Waals surface area contributed by atoms with E-state index in [2.05, 4.69) is 74.6 Å². The van der Waals surface area contributed by atoms with Crippen molar-refractivity contribution in [3.05, 3.63) is 60.0 Å². The molecule has 0 bridgehead atoms. The number of aromatic nitrogens is 4. The molecule has 1 N–H and O–H groups in total. The number of hydrogen-bond acceptors (Lipinski definition) is 11. The van der Waals surface area contributed by atoms with E-state index >= 15 is 4.79 Å². The number of imide groups is 1. The number of fused-ring (bicyclic) bond motifs is 3. The van der Waals surface area contributed by atoms with Crippen molar-refractivity contribution in [2.45, 2.75) is 153 Å². The summed E-state index contributed by atoms with van der Waals surface area (Å²) in [4.78, 5) is 93.4. The fraction of sp³-hybridized carbons (Fsp3) is 0.607. The van der Waals surface area contributed by atoms with Crippen LogP contribution in [-0.4, -0.2) is 134 Å². The van der Waals surface area contributed by atoms with Gasteiger partial charge in [0.2, 0.25) is 35.4 Å². The second-order valence-electron chi connectivity index (χ2n) is 23.0. The largest absolute Gasteiger partial charge is 0.473 e. The van der Waals surface area contributed by atoms with E-state index in [9.17, 15) is 19.2 Å². The molecule has 12 rings (SSSR count). The van der Waals surface area contributed by atoms with Gasteiger partial charge in [-0.05, 0) is 140 Å². The molecule has 2 saturated carbocycles. The highest BCUT2D eigenvalue weighted by Crippen LogP contribution is 2.53. The lowest BCUT2D eigenvalue weighted by Crippen LogP contribution is -2.59. The van der Waals surface area contributed by atoms with Gasteiger partial charge in [0.05, 0.1) is 28.9 Å². The molecule has 6 aliphatic heterocycles. The number of nitrogens with one attached hydrogen (secondary N) is 1. The fourth-order valence-electron chi connectivity index (χ4n) is 13.3. The number of nitrogens with zero attached hydrogens (tertiary/aromatic N) is 9. The molecule has 380 valence electrons. The van der Waals surface area contributed by atoms with Gasteiger partial charge in [-0.3, -0.25) is 29.3 Å². The predicted octanol–water partition coefficient (Wildman–Crippen LogP) is 6.90. The maximum absolute atomic E-state index is 15.3. The summed E-state index contributed by atoms with van der Waals surface area (Å²) in [6.45, 7) is 12.2. The van der Waals surface area contributed by atoms with Crippen molar-refractivity contribution in [3.63, 3.8) is 0 Å². The summed E-state index contributed by atoms with van der Waals surface area (Å²) in [7, 11) is 0. The number of amides is 5. The molecule has 5 amide bonds. The number of likely N-dealkylation sites (tertiary alicyclic amines) is 3. The summed E-state index contributed by atoms with van der Waals surface area (Å²) in [6.07, 6.45) is 16.3. The minimum atomic E-state index is -0.698. The maximum Gasteiger partial charge on any atom is 0.241 e. The summed E-state index contributed by atoms with van der Waals surface area (Å²) in [5.74, 6) is 1.01. The third-order valence-corrected chi connectivity index (χ3v) is 18.1. The van der Waals surface area contributed by atoms with Gasteiger partial charge < -0.3 is 33.8 Å². The third kappa shape index (κ3) is 8.42. The summed E-state index contributed by atoms with van der Waals surface area (Å²) < 4.78 is 8.59. The monoisotopic (exact) mass is 979 g/mol. The summed E-state index contributed by atoms with van der Waals surface area (Å²) >= 11 is 0. The Labute approximate surface area is 422 Å². The molecule has 1 spiro atoms. The quantitative estimate of drug-likeness (QED) is 0.164. The number of pyridine rings is 2. The molecule has 72 heavy (non-hydrogen) atoms. The SMILES string of the molecule is CC(C)n1cnc2cc(-c3ccc4c(c3)N(C3CC(N5CCCCC5)C3)C(=O)C43CCN(C(=O)C4(C)CCN(C(=O)C5CCN(c6ccc(C7CCC(=O)NC7=O)cn6)CC5)CC4)CC3)nc(OC3CC3)c21. The highest BCUT2D eigenvalue weighted by molar-refractivity contribution is 6.09. The van der Waals surface area contributed by atoms with Gasteiger partial charge in [-0.15, -0.1) is 0 Å². The Hall–Kier alpha value is -5.90. The van der Waals surface area contributed by atoms with Crippen LogP contribution in [-0.2, 0) is 29.4 Å². The smallest absolute Gasteiger partial charge is 0.241 e. The van der Waals surface area contributed by atoms with Crippen LogP contribution >= 0.6 is 0 Å². The Morgan fingerprint density at radius 2 is 1.53 bits per heavy atom. The predicted molar refractivity (Wildman–Crippen MR) is 272 cm³/mol. The molecular weight excluding hydrogens is 909 g/mol. The van der Waals surface area contributed by atoms with Crippen molar-refractivity contribution in [3.8, 4) is 17.1 Å². The van der Waals surface area contributed by atoms with Gasteiger partial charge in [-0.25, -0.2) is 15.0 Å². The Morgan fingerprint density at radius 3 is 2.21 bits per heavy atom. The van der Waals surface area contributed by atoms with Crippen molar-refractivity contribution in [1.82, 2.24) is 39.5 Å². The van der Waals surface area contributed by atoms with Gasteiger partial charge in [0, 0.05) is 92.6 Å². The molecule has 16 heteroatoms. The van der Waals surface area contributed by atoms with E-state index in [1.54, 1.807) is 6.20 Å². The molecule has 0 radical (unpaired) electrons. The number of hydrogen-bond donors (Lipinski definition) is 1. The zero-order valence-corrected chi connectivity index (χ0v) is 42.3. The second-order valence-corrected chi connectivity index (χ2v) is 23.0. The Kier molecular flexibility index (Phi) is 12.1. The Balaban J connectivity index is 0.705. The molecule has 3 aromatic heterocycles. The van der Waals surface area contributed by atoms with Crippen molar-refractivity contribution >= 4 is 52.1 Å². The number of benzene rings is 1.